The molecule has 1 aromatic carbocycles. The molecule has 2 rings (SSSR count). The molecule has 0 saturated carbocycles. The molecule has 1 unspecified atom stereocenters. The second-order valence-electron chi connectivity index (χ2n) is 6.08. The van der Waals surface area contributed by atoms with Crippen LogP contribution in [0.2, 0.25) is 0 Å². The highest BCUT2D eigenvalue weighted by atomic mass is 15.3. The first-order chi connectivity index (χ1) is 9.97. The first-order valence-corrected chi connectivity index (χ1v) is 7.75. The minimum Gasteiger partial charge on any atom is -0.310 e. The van der Waals surface area contributed by atoms with Crippen molar-refractivity contribution in [2.45, 2.75) is 53.1 Å². The molecule has 1 aromatic heterocycles. The summed E-state index contributed by atoms with van der Waals surface area (Å²) in [4.78, 5) is 0. The second kappa shape index (κ2) is 6.90. The molecule has 21 heavy (non-hydrogen) atoms. The van der Waals surface area contributed by atoms with Gasteiger partial charge in [0.25, 0.3) is 0 Å². The lowest BCUT2D eigenvalue weighted by atomic mass is 10.0. The van der Waals surface area contributed by atoms with E-state index in [0.717, 1.165) is 25.1 Å². The van der Waals surface area contributed by atoms with E-state index < -0.39 is 0 Å². The Kier molecular flexibility index (Phi) is 5.18. The summed E-state index contributed by atoms with van der Waals surface area (Å²) in [6.07, 6.45) is 2.28. The number of nitrogens with zero attached hydrogens (tertiary/aromatic N) is 2. The smallest absolute Gasteiger partial charge is 0.0641 e. The average molecular weight is 285 g/mol. The molecule has 0 aliphatic rings. The van der Waals surface area contributed by atoms with Crippen LogP contribution >= 0.6 is 0 Å². The van der Waals surface area contributed by atoms with Crippen molar-refractivity contribution in [3.8, 4) is 0 Å². The van der Waals surface area contributed by atoms with Crippen molar-refractivity contribution < 1.29 is 0 Å². The van der Waals surface area contributed by atoms with E-state index in [1.807, 2.05) is 11.7 Å². The van der Waals surface area contributed by atoms with E-state index in [1.165, 1.54) is 22.4 Å². The van der Waals surface area contributed by atoms with Gasteiger partial charge in [0.1, 0.15) is 0 Å². The number of benzene rings is 1. The number of aromatic nitrogens is 2. The maximum absolute atomic E-state index is 4.47. The Hall–Kier alpha value is -1.61. The van der Waals surface area contributed by atoms with E-state index in [0.29, 0.717) is 6.04 Å². The van der Waals surface area contributed by atoms with Gasteiger partial charge >= 0.3 is 0 Å². The number of hydrogen-bond acceptors (Lipinski definition) is 2. The van der Waals surface area contributed by atoms with Crippen LogP contribution in [0, 0.1) is 20.8 Å². The minimum absolute atomic E-state index is 0.504. The average Bonchev–Trinajstić information content (AvgIpc) is 2.68. The zero-order chi connectivity index (χ0) is 15.4. The minimum atomic E-state index is 0.504. The third-order valence-corrected chi connectivity index (χ3v) is 4.23. The lowest BCUT2D eigenvalue weighted by molar-refractivity contribution is 0.512. The van der Waals surface area contributed by atoms with E-state index in [9.17, 15) is 0 Å². The van der Waals surface area contributed by atoms with Crippen LogP contribution in [-0.4, -0.2) is 15.8 Å². The molecule has 0 saturated heterocycles. The summed E-state index contributed by atoms with van der Waals surface area (Å²) in [7, 11) is 2.01. The topological polar surface area (TPSA) is 29.9 Å². The highest BCUT2D eigenvalue weighted by molar-refractivity contribution is 5.24. The highest BCUT2D eigenvalue weighted by Gasteiger charge is 2.10. The van der Waals surface area contributed by atoms with Crippen molar-refractivity contribution in [3.05, 3.63) is 52.3 Å². The first-order valence-electron chi connectivity index (χ1n) is 7.75. The van der Waals surface area contributed by atoms with Gasteiger partial charge in [0.2, 0.25) is 0 Å². The monoisotopic (exact) mass is 285 g/mol. The largest absolute Gasteiger partial charge is 0.310 e. The number of aryl methyl sites for hydroxylation is 4. The zero-order valence-electron chi connectivity index (χ0n) is 13.9. The van der Waals surface area contributed by atoms with Crippen molar-refractivity contribution in [1.29, 1.82) is 0 Å². The fourth-order valence-corrected chi connectivity index (χ4v) is 2.70. The van der Waals surface area contributed by atoms with Gasteiger partial charge in [-0.1, -0.05) is 29.8 Å². The van der Waals surface area contributed by atoms with E-state index in [2.05, 4.69) is 62.4 Å². The van der Waals surface area contributed by atoms with Gasteiger partial charge in [0.15, 0.2) is 0 Å². The van der Waals surface area contributed by atoms with Crippen LogP contribution in [0.15, 0.2) is 24.3 Å². The van der Waals surface area contributed by atoms with E-state index in [-0.39, 0.29) is 0 Å². The second-order valence-corrected chi connectivity index (χ2v) is 6.08. The summed E-state index contributed by atoms with van der Waals surface area (Å²) in [5.74, 6) is 0. The molecule has 0 aliphatic heterocycles. The Balaban J connectivity index is 1.83. The molecule has 0 radical (unpaired) electrons. The maximum atomic E-state index is 4.47. The van der Waals surface area contributed by atoms with Gasteiger partial charge in [-0.15, -0.1) is 0 Å². The predicted octanol–water partition coefficient (Wildman–Crippen LogP) is 3.46. The molecule has 2 aromatic rings. The van der Waals surface area contributed by atoms with E-state index >= 15 is 0 Å². The molecule has 0 fully saturated rings. The van der Waals surface area contributed by atoms with Crippen molar-refractivity contribution in [2.24, 2.45) is 7.05 Å². The van der Waals surface area contributed by atoms with Crippen molar-refractivity contribution >= 4 is 0 Å². The Bertz CT molecular complexity index is 599. The van der Waals surface area contributed by atoms with Gasteiger partial charge in [-0.05, 0) is 46.1 Å². The Morgan fingerprint density at radius 3 is 2.62 bits per heavy atom. The molecule has 0 amide bonds. The zero-order valence-corrected chi connectivity index (χ0v) is 13.9. The van der Waals surface area contributed by atoms with Gasteiger partial charge in [0, 0.05) is 30.9 Å². The molecule has 114 valence electrons. The van der Waals surface area contributed by atoms with Crippen LogP contribution in [0.3, 0.4) is 0 Å². The molecule has 3 heteroatoms. The third kappa shape index (κ3) is 4.18. The molecule has 1 N–H and O–H groups in total. The molecule has 0 aliphatic carbocycles. The van der Waals surface area contributed by atoms with Crippen molar-refractivity contribution in [1.82, 2.24) is 15.1 Å². The van der Waals surface area contributed by atoms with Gasteiger partial charge < -0.3 is 5.32 Å². The SMILES string of the molecule is Cc1cccc(CCC(C)NCc2c(C)nn(C)c2C)c1. The standard InChI is InChI=1S/C18H27N3/c1-13-7-6-8-17(11-13)10-9-14(2)19-12-18-15(3)20-21(5)16(18)4/h6-8,11,14,19H,9-10,12H2,1-5H3. The summed E-state index contributed by atoms with van der Waals surface area (Å²) in [5, 5.41) is 8.09. The predicted molar refractivity (Wildman–Crippen MR) is 88.5 cm³/mol. The lowest BCUT2D eigenvalue weighted by Gasteiger charge is -2.14. The van der Waals surface area contributed by atoms with Crippen molar-refractivity contribution in [2.75, 3.05) is 0 Å². The van der Waals surface area contributed by atoms with Crippen LogP contribution in [0.1, 0.15) is 41.4 Å². The first kappa shape index (κ1) is 15.8. The molecule has 0 bridgehead atoms. The van der Waals surface area contributed by atoms with E-state index in [1.54, 1.807) is 0 Å². The summed E-state index contributed by atoms with van der Waals surface area (Å²) in [6, 6.07) is 9.30. The lowest BCUT2D eigenvalue weighted by Crippen LogP contribution is -2.26. The number of hydrogen-bond donors (Lipinski definition) is 1. The molecule has 1 atom stereocenters. The molecule has 0 spiro atoms. The van der Waals surface area contributed by atoms with Gasteiger partial charge in [0.05, 0.1) is 5.69 Å². The van der Waals surface area contributed by atoms with Crippen LogP contribution in [0.4, 0.5) is 0 Å². The van der Waals surface area contributed by atoms with Gasteiger partial charge in [-0.25, -0.2) is 0 Å². The molecule has 1 heterocycles. The number of rotatable bonds is 6. The van der Waals surface area contributed by atoms with E-state index in [4.69, 9.17) is 0 Å². The van der Waals surface area contributed by atoms with Crippen LogP contribution in [0.25, 0.3) is 0 Å². The highest BCUT2D eigenvalue weighted by Crippen LogP contribution is 2.13. The van der Waals surface area contributed by atoms with Crippen LogP contribution in [-0.2, 0) is 20.0 Å². The Labute approximate surface area is 128 Å². The molecular weight excluding hydrogens is 258 g/mol. The molecule has 3 nitrogen and oxygen atoms in total. The Morgan fingerprint density at radius 1 is 1.24 bits per heavy atom. The normalized spacial score (nSPS) is 12.6. The fraction of sp³-hybridized carbons (Fsp3) is 0.500. The summed E-state index contributed by atoms with van der Waals surface area (Å²) in [6.45, 7) is 9.53. The Morgan fingerprint density at radius 2 is 2.00 bits per heavy atom. The summed E-state index contributed by atoms with van der Waals surface area (Å²) < 4.78 is 1.96. The van der Waals surface area contributed by atoms with Crippen molar-refractivity contribution in [3.63, 3.8) is 0 Å². The quantitative estimate of drug-likeness (QED) is 0.881. The van der Waals surface area contributed by atoms with Crippen LogP contribution in [0.5, 0.6) is 0 Å². The summed E-state index contributed by atoms with van der Waals surface area (Å²) >= 11 is 0. The molecular formula is C18H27N3. The van der Waals surface area contributed by atoms with Crippen LogP contribution < -0.4 is 5.32 Å². The van der Waals surface area contributed by atoms with Gasteiger partial charge in [-0.2, -0.15) is 5.10 Å². The summed E-state index contributed by atoms with van der Waals surface area (Å²) in [5.41, 5.74) is 6.49. The third-order valence-electron chi connectivity index (χ3n) is 4.23. The number of nitrogens with one attached hydrogen (secondary N) is 1. The maximum Gasteiger partial charge on any atom is 0.0641 e. The van der Waals surface area contributed by atoms with Gasteiger partial charge in [-0.3, -0.25) is 4.68 Å². The fourth-order valence-electron chi connectivity index (χ4n) is 2.70.